The van der Waals surface area contributed by atoms with Crippen LogP contribution < -0.4 is 4.90 Å². The minimum atomic E-state index is -0.518. The van der Waals surface area contributed by atoms with Gasteiger partial charge in [-0.3, -0.25) is 10.1 Å². The molecule has 0 fully saturated rings. The van der Waals surface area contributed by atoms with Gasteiger partial charge in [0, 0.05) is 24.3 Å². The zero-order valence-corrected chi connectivity index (χ0v) is 11.6. The van der Waals surface area contributed by atoms with Gasteiger partial charge in [0.25, 0.3) is 5.69 Å². The average molecular weight is 261 g/mol. The standard InChI is InChI=1S/C14H19N3O2/c1-4-8-16(11(3)5-2)13-6-7-14(17(18)19)12(9-13)10-15/h6-7,9,11H,4-5,8H2,1-3H3/t11-/m1/s1. The molecule has 102 valence electrons. The first-order valence-electron chi connectivity index (χ1n) is 6.50. The van der Waals surface area contributed by atoms with Crippen LogP contribution in [0.25, 0.3) is 0 Å². The Balaban J connectivity index is 3.19. The maximum Gasteiger partial charge on any atom is 0.287 e. The van der Waals surface area contributed by atoms with E-state index in [0.717, 1.165) is 25.1 Å². The van der Waals surface area contributed by atoms with Crippen LogP contribution in [-0.2, 0) is 0 Å². The number of rotatable bonds is 6. The van der Waals surface area contributed by atoms with Crippen LogP contribution in [0.1, 0.15) is 39.2 Å². The van der Waals surface area contributed by atoms with Gasteiger partial charge in [0.2, 0.25) is 0 Å². The summed E-state index contributed by atoms with van der Waals surface area (Å²) in [6, 6.07) is 6.99. The smallest absolute Gasteiger partial charge is 0.287 e. The van der Waals surface area contributed by atoms with Crippen molar-refractivity contribution >= 4 is 11.4 Å². The third kappa shape index (κ3) is 3.44. The number of nitriles is 1. The van der Waals surface area contributed by atoms with E-state index in [4.69, 9.17) is 5.26 Å². The molecular formula is C14H19N3O2. The van der Waals surface area contributed by atoms with Crippen LogP contribution >= 0.6 is 0 Å². The molecule has 0 saturated carbocycles. The zero-order chi connectivity index (χ0) is 14.4. The van der Waals surface area contributed by atoms with Crippen molar-refractivity contribution in [3.05, 3.63) is 33.9 Å². The Kier molecular flexibility index (Phi) is 5.31. The van der Waals surface area contributed by atoms with E-state index < -0.39 is 4.92 Å². The summed E-state index contributed by atoms with van der Waals surface area (Å²) in [5.74, 6) is 0. The number of hydrogen-bond acceptors (Lipinski definition) is 4. The Hall–Kier alpha value is -2.09. The van der Waals surface area contributed by atoms with E-state index in [0.29, 0.717) is 6.04 Å². The van der Waals surface area contributed by atoms with Crippen molar-refractivity contribution in [3.63, 3.8) is 0 Å². The first-order chi connectivity index (χ1) is 9.04. The molecule has 1 atom stereocenters. The van der Waals surface area contributed by atoms with Crippen molar-refractivity contribution in [1.29, 1.82) is 5.26 Å². The molecule has 0 aliphatic rings. The van der Waals surface area contributed by atoms with Gasteiger partial charge in [0.15, 0.2) is 0 Å². The van der Waals surface area contributed by atoms with Crippen molar-refractivity contribution in [3.8, 4) is 6.07 Å². The van der Waals surface area contributed by atoms with Crippen LogP contribution in [0.2, 0.25) is 0 Å². The first kappa shape index (κ1) is 15.0. The Labute approximate surface area is 113 Å². The highest BCUT2D eigenvalue weighted by atomic mass is 16.6. The second-order valence-corrected chi connectivity index (χ2v) is 4.52. The Morgan fingerprint density at radius 3 is 2.63 bits per heavy atom. The zero-order valence-electron chi connectivity index (χ0n) is 11.6. The number of nitro groups is 1. The molecule has 1 aromatic rings. The van der Waals surface area contributed by atoms with Gasteiger partial charge < -0.3 is 4.90 Å². The molecule has 0 heterocycles. The highest BCUT2D eigenvalue weighted by Gasteiger charge is 2.18. The van der Waals surface area contributed by atoms with Crippen molar-refractivity contribution in [2.45, 2.75) is 39.7 Å². The summed E-state index contributed by atoms with van der Waals surface area (Å²) in [7, 11) is 0. The van der Waals surface area contributed by atoms with Crippen molar-refractivity contribution < 1.29 is 4.92 Å². The van der Waals surface area contributed by atoms with Crippen LogP contribution in [0, 0.1) is 21.4 Å². The van der Waals surface area contributed by atoms with Crippen LogP contribution in [-0.4, -0.2) is 17.5 Å². The number of nitrogens with zero attached hydrogens (tertiary/aromatic N) is 3. The third-order valence-electron chi connectivity index (χ3n) is 3.22. The van der Waals surface area contributed by atoms with Gasteiger partial charge in [0.05, 0.1) is 4.92 Å². The first-order valence-corrected chi connectivity index (χ1v) is 6.50. The number of hydrogen-bond donors (Lipinski definition) is 0. The summed E-state index contributed by atoms with van der Waals surface area (Å²) >= 11 is 0. The summed E-state index contributed by atoms with van der Waals surface area (Å²) in [5.41, 5.74) is 0.858. The van der Waals surface area contributed by atoms with Crippen LogP contribution in [0.3, 0.4) is 0 Å². The van der Waals surface area contributed by atoms with E-state index in [2.05, 4.69) is 25.7 Å². The second kappa shape index (κ2) is 6.74. The van der Waals surface area contributed by atoms with Gasteiger partial charge in [-0.15, -0.1) is 0 Å². The molecule has 1 aromatic carbocycles. The molecule has 1 rings (SSSR count). The third-order valence-corrected chi connectivity index (χ3v) is 3.22. The van der Waals surface area contributed by atoms with Crippen LogP contribution in [0.15, 0.2) is 18.2 Å². The quantitative estimate of drug-likeness (QED) is 0.580. The Morgan fingerprint density at radius 2 is 2.16 bits per heavy atom. The van der Waals surface area contributed by atoms with Crippen molar-refractivity contribution in [1.82, 2.24) is 0 Å². The second-order valence-electron chi connectivity index (χ2n) is 4.52. The van der Waals surface area contributed by atoms with Gasteiger partial charge >= 0.3 is 0 Å². The van der Waals surface area contributed by atoms with Gasteiger partial charge in [-0.25, -0.2) is 0 Å². The van der Waals surface area contributed by atoms with Crippen molar-refractivity contribution in [2.24, 2.45) is 0 Å². The maximum atomic E-state index is 10.8. The van der Waals surface area contributed by atoms with E-state index in [1.165, 1.54) is 6.07 Å². The van der Waals surface area contributed by atoms with E-state index in [9.17, 15) is 10.1 Å². The minimum Gasteiger partial charge on any atom is -0.369 e. The normalized spacial score (nSPS) is 11.7. The number of nitro benzene ring substituents is 1. The molecule has 0 aliphatic carbocycles. The molecule has 19 heavy (non-hydrogen) atoms. The lowest BCUT2D eigenvalue weighted by molar-refractivity contribution is -0.385. The van der Waals surface area contributed by atoms with Crippen LogP contribution in [0.4, 0.5) is 11.4 Å². The maximum absolute atomic E-state index is 10.8. The van der Waals surface area contributed by atoms with Crippen molar-refractivity contribution in [2.75, 3.05) is 11.4 Å². The SMILES string of the molecule is CCCN(c1ccc([N+](=O)[O-])c(C#N)c1)[C@H](C)CC. The van der Waals surface area contributed by atoms with E-state index in [1.54, 1.807) is 12.1 Å². The molecule has 0 unspecified atom stereocenters. The molecule has 0 radical (unpaired) electrons. The van der Waals surface area contributed by atoms with E-state index >= 15 is 0 Å². The molecule has 0 N–H and O–H groups in total. The summed E-state index contributed by atoms with van der Waals surface area (Å²) in [4.78, 5) is 12.5. The van der Waals surface area contributed by atoms with E-state index in [1.807, 2.05) is 6.07 Å². The van der Waals surface area contributed by atoms with Crippen LogP contribution in [0.5, 0.6) is 0 Å². The lowest BCUT2D eigenvalue weighted by atomic mass is 10.1. The molecule has 0 amide bonds. The molecule has 0 bridgehead atoms. The summed E-state index contributed by atoms with van der Waals surface area (Å²) in [6.07, 6.45) is 1.97. The van der Waals surface area contributed by atoms with E-state index in [-0.39, 0.29) is 11.3 Å². The Morgan fingerprint density at radius 1 is 1.47 bits per heavy atom. The van der Waals surface area contributed by atoms with Gasteiger partial charge in [0.1, 0.15) is 11.6 Å². The largest absolute Gasteiger partial charge is 0.369 e. The predicted octanol–water partition coefficient (Wildman–Crippen LogP) is 3.48. The van der Waals surface area contributed by atoms with Gasteiger partial charge in [-0.2, -0.15) is 5.26 Å². The van der Waals surface area contributed by atoms with Gasteiger partial charge in [-0.05, 0) is 31.9 Å². The number of anilines is 1. The topological polar surface area (TPSA) is 70.2 Å². The predicted molar refractivity (Wildman–Crippen MR) is 75.2 cm³/mol. The molecule has 5 heteroatoms. The average Bonchev–Trinajstić information content (AvgIpc) is 2.43. The fraction of sp³-hybridized carbons (Fsp3) is 0.500. The molecular weight excluding hydrogens is 242 g/mol. The summed E-state index contributed by atoms with van der Waals surface area (Å²) < 4.78 is 0. The molecule has 0 aromatic heterocycles. The molecule has 0 saturated heterocycles. The lowest BCUT2D eigenvalue weighted by Crippen LogP contribution is -2.33. The molecule has 5 nitrogen and oxygen atoms in total. The fourth-order valence-corrected chi connectivity index (χ4v) is 2.02. The fourth-order valence-electron chi connectivity index (χ4n) is 2.02. The highest BCUT2D eigenvalue weighted by Crippen LogP contribution is 2.26. The summed E-state index contributed by atoms with van der Waals surface area (Å²) in [5, 5.41) is 19.8. The minimum absolute atomic E-state index is 0.118. The highest BCUT2D eigenvalue weighted by molar-refractivity contribution is 5.60. The number of benzene rings is 1. The summed E-state index contributed by atoms with van der Waals surface area (Å²) in [6.45, 7) is 7.18. The molecule has 0 spiro atoms. The molecule has 0 aliphatic heterocycles. The monoisotopic (exact) mass is 261 g/mol. The van der Waals surface area contributed by atoms with Gasteiger partial charge in [-0.1, -0.05) is 13.8 Å². The Bertz CT molecular complexity index is 494. The lowest BCUT2D eigenvalue weighted by Gasteiger charge is -2.30.